The van der Waals surface area contributed by atoms with Crippen molar-refractivity contribution in [1.29, 1.82) is 0 Å². The predicted octanol–water partition coefficient (Wildman–Crippen LogP) is 2.53. The Morgan fingerprint density at radius 1 is 1.06 bits per heavy atom. The number of nitrogens with zero attached hydrogens (tertiary/aromatic N) is 2. The molecule has 2 heterocycles. The molecule has 1 saturated heterocycles. The van der Waals surface area contributed by atoms with Crippen LogP contribution in [-0.2, 0) is 14.4 Å². The zero-order valence-electron chi connectivity index (χ0n) is 18.1. The fraction of sp³-hybridized carbons (Fsp3) is 0.375. The van der Waals surface area contributed by atoms with Crippen molar-refractivity contribution in [1.82, 2.24) is 0 Å². The lowest BCUT2D eigenvalue weighted by molar-refractivity contribution is -0.125. The Kier molecular flexibility index (Phi) is 6.30. The van der Waals surface area contributed by atoms with E-state index in [9.17, 15) is 14.4 Å². The van der Waals surface area contributed by atoms with E-state index in [-0.39, 0.29) is 36.6 Å². The third-order valence-corrected chi connectivity index (χ3v) is 6.05. The Bertz CT molecular complexity index is 1020. The van der Waals surface area contributed by atoms with Gasteiger partial charge in [-0.1, -0.05) is 24.3 Å². The molecule has 8 nitrogen and oxygen atoms in total. The van der Waals surface area contributed by atoms with Gasteiger partial charge in [0, 0.05) is 32.0 Å². The second-order valence-corrected chi connectivity index (χ2v) is 8.20. The Morgan fingerprint density at radius 2 is 1.72 bits per heavy atom. The maximum atomic E-state index is 12.8. The Balaban J connectivity index is 1.40. The third kappa shape index (κ3) is 4.54. The average molecular weight is 437 g/mol. The number of hydrogen-bond acceptors (Lipinski definition) is 5. The first kappa shape index (κ1) is 21.7. The van der Waals surface area contributed by atoms with E-state index in [4.69, 9.17) is 10.5 Å². The minimum Gasteiger partial charge on any atom is -0.479 e. The molecule has 0 aromatic heterocycles. The summed E-state index contributed by atoms with van der Waals surface area (Å²) >= 11 is 0. The Hall–Kier alpha value is -3.55. The zero-order chi connectivity index (χ0) is 22.7. The number of ether oxygens (including phenoxy) is 1. The zero-order valence-corrected chi connectivity index (χ0v) is 18.1. The molecule has 2 aliphatic rings. The van der Waals surface area contributed by atoms with Gasteiger partial charge in [-0.25, -0.2) is 0 Å². The molecule has 8 heteroatoms. The average Bonchev–Trinajstić information content (AvgIpc) is 2.80. The molecular weight excluding hydrogens is 408 g/mol. The van der Waals surface area contributed by atoms with E-state index < -0.39 is 6.10 Å². The maximum absolute atomic E-state index is 12.8. The minimum absolute atomic E-state index is 0.0932. The molecule has 2 aromatic rings. The highest BCUT2D eigenvalue weighted by Gasteiger charge is 2.31. The number of para-hydroxylation sites is 4. The lowest BCUT2D eigenvalue weighted by Crippen LogP contribution is -2.45. The van der Waals surface area contributed by atoms with Crippen LogP contribution in [0.1, 0.15) is 26.2 Å². The van der Waals surface area contributed by atoms with E-state index in [0.717, 1.165) is 11.4 Å². The highest BCUT2D eigenvalue weighted by molar-refractivity contribution is 6.01. The van der Waals surface area contributed by atoms with E-state index >= 15 is 0 Å². The van der Waals surface area contributed by atoms with E-state index in [0.29, 0.717) is 37.4 Å². The third-order valence-electron chi connectivity index (χ3n) is 6.05. The second-order valence-electron chi connectivity index (χ2n) is 8.20. The van der Waals surface area contributed by atoms with Crippen molar-refractivity contribution in [2.45, 2.75) is 32.3 Å². The highest BCUT2D eigenvalue weighted by Crippen LogP contribution is 2.34. The predicted molar refractivity (Wildman–Crippen MR) is 123 cm³/mol. The largest absolute Gasteiger partial charge is 0.479 e. The number of primary amides is 1. The normalized spacial score (nSPS) is 18.7. The monoisotopic (exact) mass is 436 g/mol. The fourth-order valence-corrected chi connectivity index (χ4v) is 4.28. The molecule has 2 aromatic carbocycles. The van der Waals surface area contributed by atoms with Crippen molar-refractivity contribution in [3.8, 4) is 5.75 Å². The van der Waals surface area contributed by atoms with Gasteiger partial charge in [0.2, 0.25) is 11.8 Å². The van der Waals surface area contributed by atoms with Crippen LogP contribution in [0.15, 0.2) is 48.5 Å². The molecule has 2 aliphatic heterocycles. The summed E-state index contributed by atoms with van der Waals surface area (Å²) in [6.45, 7) is 3.39. The number of benzene rings is 2. The van der Waals surface area contributed by atoms with Crippen LogP contribution in [0.3, 0.4) is 0 Å². The smallest absolute Gasteiger partial charge is 0.267 e. The Morgan fingerprint density at radius 3 is 2.44 bits per heavy atom. The lowest BCUT2D eigenvalue weighted by Gasteiger charge is -2.34. The van der Waals surface area contributed by atoms with Crippen molar-refractivity contribution in [2.75, 3.05) is 34.8 Å². The molecule has 1 atom stereocenters. The number of anilines is 3. The minimum atomic E-state index is -0.586. The van der Waals surface area contributed by atoms with Crippen LogP contribution in [-0.4, -0.2) is 43.5 Å². The first-order chi connectivity index (χ1) is 15.4. The quantitative estimate of drug-likeness (QED) is 0.724. The molecule has 4 rings (SSSR count). The summed E-state index contributed by atoms with van der Waals surface area (Å²) in [5.41, 5.74) is 7.76. The van der Waals surface area contributed by atoms with Gasteiger partial charge in [-0.3, -0.25) is 14.4 Å². The summed E-state index contributed by atoms with van der Waals surface area (Å²) in [7, 11) is 0. The first-order valence-electron chi connectivity index (χ1n) is 10.9. The molecule has 3 amide bonds. The molecule has 3 N–H and O–H groups in total. The number of rotatable bonds is 6. The van der Waals surface area contributed by atoms with Crippen molar-refractivity contribution >= 4 is 34.8 Å². The van der Waals surface area contributed by atoms with Crippen LogP contribution < -0.4 is 25.6 Å². The lowest BCUT2D eigenvalue weighted by atomic mass is 9.96. The van der Waals surface area contributed by atoms with Gasteiger partial charge in [0.05, 0.1) is 17.1 Å². The van der Waals surface area contributed by atoms with E-state index in [1.807, 2.05) is 48.5 Å². The van der Waals surface area contributed by atoms with Crippen molar-refractivity contribution < 1.29 is 19.1 Å². The molecule has 168 valence electrons. The van der Waals surface area contributed by atoms with Crippen LogP contribution in [0.25, 0.3) is 0 Å². The fourth-order valence-electron chi connectivity index (χ4n) is 4.28. The van der Waals surface area contributed by atoms with Gasteiger partial charge in [0.15, 0.2) is 6.10 Å². The van der Waals surface area contributed by atoms with Crippen LogP contribution in [0.4, 0.5) is 17.1 Å². The van der Waals surface area contributed by atoms with Crippen LogP contribution in [0.5, 0.6) is 5.75 Å². The number of nitrogens with one attached hydrogen (secondary N) is 1. The van der Waals surface area contributed by atoms with Gasteiger partial charge in [-0.2, -0.15) is 0 Å². The van der Waals surface area contributed by atoms with E-state index in [1.54, 1.807) is 11.8 Å². The topological polar surface area (TPSA) is 105 Å². The number of piperidine rings is 1. The molecule has 0 aliphatic carbocycles. The number of nitrogens with two attached hydrogens (primary N) is 1. The van der Waals surface area contributed by atoms with Crippen LogP contribution in [0.2, 0.25) is 0 Å². The summed E-state index contributed by atoms with van der Waals surface area (Å²) < 4.78 is 5.66. The molecule has 32 heavy (non-hydrogen) atoms. The molecular formula is C24H28N4O4. The van der Waals surface area contributed by atoms with Crippen molar-refractivity contribution in [3.63, 3.8) is 0 Å². The summed E-state index contributed by atoms with van der Waals surface area (Å²) in [5.74, 6) is -0.0306. The van der Waals surface area contributed by atoms with Gasteiger partial charge in [-0.15, -0.1) is 0 Å². The molecule has 0 bridgehead atoms. The number of amides is 3. The van der Waals surface area contributed by atoms with Crippen molar-refractivity contribution in [3.05, 3.63) is 48.5 Å². The van der Waals surface area contributed by atoms with Gasteiger partial charge in [0.1, 0.15) is 5.75 Å². The number of hydrogen-bond donors (Lipinski definition) is 2. The summed E-state index contributed by atoms with van der Waals surface area (Å²) in [4.78, 5) is 40.6. The molecule has 0 radical (unpaired) electrons. The van der Waals surface area contributed by atoms with E-state index in [2.05, 4.69) is 10.2 Å². The van der Waals surface area contributed by atoms with Gasteiger partial charge >= 0.3 is 0 Å². The molecule has 1 unspecified atom stereocenters. The number of carbonyl (C=O) groups excluding carboxylic acids is 3. The van der Waals surface area contributed by atoms with Gasteiger partial charge in [0.25, 0.3) is 5.91 Å². The summed E-state index contributed by atoms with van der Waals surface area (Å²) in [5, 5.41) is 2.99. The Labute approximate surface area is 187 Å². The number of carbonyl (C=O) groups is 3. The molecule has 0 saturated carbocycles. The SMILES string of the molecule is CC1Oc2ccccc2N(CCC(=O)Nc2ccccc2N2CCC(C(N)=O)CC2)C1=O. The van der Waals surface area contributed by atoms with Crippen molar-refractivity contribution in [2.24, 2.45) is 11.7 Å². The number of fused-ring (bicyclic) bond motifs is 1. The second kappa shape index (κ2) is 9.30. The highest BCUT2D eigenvalue weighted by atomic mass is 16.5. The maximum Gasteiger partial charge on any atom is 0.267 e. The summed E-state index contributed by atoms with van der Waals surface area (Å²) in [6.07, 6.45) is 0.977. The van der Waals surface area contributed by atoms with E-state index in [1.165, 1.54) is 0 Å². The summed E-state index contributed by atoms with van der Waals surface area (Å²) in [6, 6.07) is 15.0. The first-order valence-corrected chi connectivity index (χ1v) is 10.9. The standard InChI is InChI=1S/C24H28N4O4/c1-16-24(31)28(20-8-4-5-9-21(20)32-16)15-12-22(29)26-18-6-2-3-7-19(18)27-13-10-17(11-14-27)23(25)30/h2-9,16-17H,10-15H2,1H3,(H2,25,30)(H,26,29). The van der Waals surface area contributed by atoms with Gasteiger partial charge < -0.3 is 25.6 Å². The van der Waals surface area contributed by atoms with Gasteiger partial charge in [-0.05, 0) is 44.0 Å². The van der Waals surface area contributed by atoms with Crippen LogP contribution >= 0.6 is 0 Å². The van der Waals surface area contributed by atoms with Crippen LogP contribution in [0, 0.1) is 5.92 Å². The molecule has 1 fully saturated rings. The molecule has 0 spiro atoms.